The Bertz CT molecular complexity index is 820. The van der Waals surface area contributed by atoms with E-state index in [1.807, 2.05) is 36.4 Å². The molecule has 3 aliphatic heterocycles. The number of benzene rings is 1. The van der Waals surface area contributed by atoms with Crippen LogP contribution < -0.4 is 5.32 Å². The number of nitrogens with one attached hydrogen (secondary N) is 1. The fourth-order valence-electron chi connectivity index (χ4n) is 3.70. The van der Waals surface area contributed by atoms with Crippen molar-refractivity contribution in [2.24, 2.45) is 5.92 Å². The zero-order valence-electron chi connectivity index (χ0n) is 14.4. The van der Waals surface area contributed by atoms with Gasteiger partial charge < -0.3 is 10.2 Å². The van der Waals surface area contributed by atoms with E-state index in [0.29, 0.717) is 17.2 Å². The number of carbonyl (C=O) groups excluding carboxylic acids is 1. The Kier molecular flexibility index (Phi) is 4.91. The summed E-state index contributed by atoms with van der Waals surface area (Å²) < 4.78 is 0. The first-order valence-corrected chi connectivity index (χ1v) is 9.70. The van der Waals surface area contributed by atoms with E-state index in [-0.39, 0.29) is 11.9 Å². The van der Waals surface area contributed by atoms with Gasteiger partial charge >= 0.3 is 0 Å². The van der Waals surface area contributed by atoms with Crippen molar-refractivity contribution in [1.82, 2.24) is 15.2 Å². The molecule has 1 atom stereocenters. The van der Waals surface area contributed by atoms with Crippen LogP contribution in [0.1, 0.15) is 28.9 Å². The van der Waals surface area contributed by atoms with Gasteiger partial charge in [-0.3, -0.25) is 4.79 Å². The molecule has 132 valence electrons. The summed E-state index contributed by atoms with van der Waals surface area (Å²) in [5, 5.41) is 12.0. The van der Waals surface area contributed by atoms with Crippen LogP contribution in [0.25, 0.3) is 0 Å². The van der Waals surface area contributed by atoms with Gasteiger partial charge in [0.1, 0.15) is 11.8 Å². The van der Waals surface area contributed by atoms with Gasteiger partial charge in [-0.1, -0.05) is 11.8 Å². The molecule has 1 N–H and O–H groups in total. The molecule has 26 heavy (non-hydrogen) atoms. The maximum absolute atomic E-state index is 12.6. The van der Waals surface area contributed by atoms with E-state index in [1.54, 1.807) is 24.0 Å². The second-order valence-corrected chi connectivity index (χ2v) is 7.98. The first-order valence-electron chi connectivity index (χ1n) is 8.88. The number of aromatic nitrogens is 1. The molecule has 4 heterocycles. The maximum atomic E-state index is 12.6. The summed E-state index contributed by atoms with van der Waals surface area (Å²) in [5.41, 5.74) is 1.11. The molecule has 2 aromatic rings. The Morgan fingerprint density at radius 3 is 2.46 bits per heavy atom. The Labute approximate surface area is 157 Å². The van der Waals surface area contributed by atoms with Gasteiger partial charge in [0.2, 0.25) is 0 Å². The number of fused-ring (bicyclic) bond motifs is 3. The van der Waals surface area contributed by atoms with Crippen LogP contribution in [0, 0.1) is 17.2 Å². The van der Waals surface area contributed by atoms with E-state index in [1.165, 1.54) is 25.9 Å². The Hall–Kier alpha value is -2.36. The summed E-state index contributed by atoms with van der Waals surface area (Å²) in [5.74, 6) is 0.642. The van der Waals surface area contributed by atoms with Crippen LogP contribution in [0.15, 0.2) is 52.4 Å². The van der Waals surface area contributed by atoms with Crippen molar-refractivity contribution in [3.63, 3.8) is 0 Å². The van der Waals surface area contributed by atoms with E-state index in [2.05, 4.69) is 15.2 Å². The number of pyridine rings is 1. The molecule has 2 bridgehead atoms. The van der Waals surface area contributed by atoms with E-state index in [4.69, 9.17) is 5.26 Å². The van der Waals surface area contributed by atoms with Crippen LogP contribution in [0.3, 0.4) is 0 Å². The standard InChI is InChI=1S/C20H20N4OS/c21-11-16-3-6-18(12-22-16)26-17-4-1-15(2-5-17)20(25)23-19-13-24-9-7-14(19)8-10-24/h1-6,12,14,19H,7-10,13H2,(H,23,25)/t19-/m0/s1. The van der Waals surface area contributed by atoms with Gasteiger partial charge in [-0.25, -0.2) is 4.98 Å². The van der Waals surface area contributed by atoms with Gasteiger partial charge in [0.25, 0.3) is 5.91 Å². The molecule has 0 spiro atoms. The average molecular weight is 364 g/mol. The summed E-state index contributed by atoms with van der Waals surface area (Å²) in [6.07, 6.45) is 4.08. The smallest absolute Gasteiger partial charge is 0.251 e. The molecule has 1 amide bonds. The van der Waals surface area contributed by atoms with Gasteiger partial charge in [0.05, 0.1) is 0 Å². The van der Waals surface area contributed by atoms with Crippen LogP contribution >= 0.6 is 11.8 Å². The number of piperidine rings is 3. The monoisotopic (exact) mass is 364 g/mol. The van der Waals surface area contributed by atoms with Crippen molar-refractivity contribution < 1.29 is 4.79 Å². The highest BCUT2D eigenvalue weighted by Crippen LogP contribution is 2.29. The molecule has 6 heteroatoms. The minimum Gasteiger partial charge on any atom is -0.348 e. The van der Waals surface area contributed by atoms with Crippen molar-refractivity contribution in [1.29, 1.82) is 5.26 Å². The van der Waals surface area contributed by atoms with Crippen LogP contribution in [0.4, 0.5) is 0 Å². The molecule has 3 aliphatic rings. The van der Waals surface area contributed by atoms with Crippen molar-refractivity contribution in [3.8, 4) is 6.07 Å². The summed E-state index contributed by atoms with van der Waals surface area (Å²) >= 11 is 1.56. The molecule has 0 radical (unpaired) electrons. The number of hydrogen-bond donors (Lipinski definition) is 1. The van der Waals surface area contributed by atoms with E-state index < -0.39 is 0 Å². The lowest BCUT2D eigenvalue weighted by atomic mass is 9.84. The van der Waals surface area contributed by atoms with E-state index in [9.17, 15) is 4.79 Å². The van der Waals surface area contributed by atoms with Gasteiger partial charge in [0, 0.05) is 34.1 Å². The second kappa shape index (κ2) is 7.48. The molecule has 0 saturated carbocycles. The van der Waals surface area contributed by atoms with Crippen molar-refractivity contribution in [3.05, 3.63) is 53.9 Å². The number of nitrogens with zero attached hydrogens (tertiary/aromatic N) is 3. The normalized spacial score (nSPS) is 24.0. The summed E-state index contributed by atoms with van der Waals surface area (Å²) in [7, 11) is 0. The van der Waals surface area contributed by atoms with Gasteiger partial charge in [-0.15, -0.1) is 0 Å². The predicted octanol–water partition coefficient (Wildman–Crippen LogP) is 2.93. The molecule has 5 rings (SSSR count). The molecule has 5 nitrogen and oxygen atoms in total. The van der Waals surface area contributed by atoms with Crippen molar-refractivity contribution in [2.45, 2.75) is 28.7 Å². The lowest BCUT2D eigenvalue weighted by Crippen LogP contribution is -2.57. The average Bonchev–Trinajstić information content (AvgIpc) is 2.70. The molecule has 1 aromatic heterocycles. The van der Waals surface area contributed by atoms with Gasteiger partial charge in [-0.05, 0) is 68.2 Å². The number of carbonyl (C=O) groups is 1. The van der Waals surface area contributed by atoms with Crippen LogP contribution in [-0.2, 0) is 0 Å². The largest absolute Gasteiger partial charge is 0.348 e. The topological polar surface area (TPSA) is 69.0 Å². The van der Waals surface area contributed by atoms with E-state index in [0.717, 1.165) is 16.3 Å². The highest BCUT2D eigenvalue weighted by atomic mass is 32.2. The molecule has 0 unspecified atom stereocenters. The highest BCUT2D eigenvalue weighted by Gasteiger charge is 2.34. The van der Waals surface area contributed by atoms with Crippen LogP contribution in [0.5, 0.6) is 0 Å². The van der Waals surface area contributed by atoms with Crippen molar-refractivity contribution in [2.75, 3.05) is 19.6 Å². The van der Waals surface area contributed by atoms with E-state index >= 15 is 0 Å². The summed E-state index contributed by atoms with van der Waals surface area (Å²) in [6.45, 7) is 3.33. The fourth-order valence-corrected chi connectivity index (χ4v) is 4.48. The Balaban J connectivity index is 1.37. The van der Waals surface area contributed by atoms with Crippen LogP contribution in [0.2, 0.25) is 0 Å². The number of hydrogen-bond acceptors (Lipinski definition) is 5. The fraction of sp³-hybridized carbons (Fsp3) is 0.350. The van der Waals surface area contributed by atoms with Crippen LogP contribution in [-0.4, -0.2) is 41.5 Å². The molecule has 3 saturated heterocycles. The lowest BCUT2D eigenvalue weighted by molar-refractivity contribution is 0.0620. The number of amides is 1. The third-order valence-corrected chi connectivity index (χ3v) is 6.16. The Morgan fingerprint density at radius 2 is 1.88 bits per heavy atom. The third kappa shape index (κ3) is 3.74. The second-order valence-electron chi connectivity index (χ2n) is 6.84. The van der Waals surface area contributed by atoms with Gasteiger partial charge in [0.15, 0.2) is 0 Å². The first-order chi connectivity index (χ1) is 12.7. The maximum Gasteiger partial charge on any atom is 0.251 e. The predicted molar refractivity (Wildman–Crippen MR) is 99.9 cm³/mol. The molecule has 1 aromatic carbocycles. The molecular weight excluding hydrogens is 344 g/mol. The molecule has 3 fully saturated rings. The SMILES string of the molecule is N#Cc1ccc(Sc2ccc(C(=O)N[C@H]3CN4CCC3CC4)cc2)cn1. The molecule has 0 aliphatic carbocycles. The minimum absolute atomic E-state index is 0.0142. The lowest BCUT2D eigenvalue weighted by Gasteiger charge is -2.44. The summed E-state index contributed by atoms with van der Waals surface area (Å²) in [4.78, 5) is 21.1. The minimum atomic E-state index is 0.0142. The van der Waals surface area contributed by atoms with Gasteiger partial charge in [-0.2, -0.15) is 5.26 Å². The zero-order chi connectivity index (χ0) is 17.9. The highest BCUT2D eigenvalue weighted by molar-refractivity contribution is 7.99. The number of nitriles is 1. The zero-order valence-corrected chi connectivity index (χ0v) is 15.2. The van der Waals surface area contributed by atoms with Crippen molar-refractivity contribution >= 4 is 17.7 Å². The number of rotatable bonds is 4. The Morgan fingerprint density at radius 1 is 1.15 bits per heavy atom. The quantitative estimate of drug-likeness (QED) is 0.903. The summed E-state index contributed by atoms with van der Waals surface area (Å²) in [6, 6.07) is 13.5. The third-order valence-electron chi connectivity index (χ3n) is 5.18. The first kappa shape index (κ1) is 17.1. The molecular formula is C20H20N4OS.